The Hall–Kier alpha value is -5.35. The molecular weight excluding hydrogens is 1010 g/mol. The monoisotopic (exact) mass is 1070 g/mol. The van der Waals surface area contributed by atoms with E-state index in [0.717, 1.165) is 118 Å². The summed E-state index contributed by atoms with van der Waals surface area (Å²) in [5, 5.41) is 40.0. The van der Waals surface area contributed by atoms with Crippen LogP contribution < -0.4 is 9.80 Å². The quantitative estimate of drug-likeness (QED) is 0.0928. The van der Waals surface area contributed by atoms with Gasteiger partial charge in [-0.2, -0.15) is 20.4 Å². The van der Waals surface area contributed by atoms with E-state index in [0.29, 0.717) is 61.3 Å². The molecule has 0 bridgehead atoms. The second kappa shape index (κ2) is 23.0. The highest BCUT2D eigenvalue weighted by Gasteiger charge is 2.39. The molecule has 0 saturated carbocycles. The molecule has 0 amide bonds. The molecule has 2 N–H and O–H groups in total. The van der Waals surface area contributed by atoms with Gasteiger partial charge in [0.05, 0.1) is 29.4 Å². The van der Waals surface area contributed by atoms with E-state index in [-0.39, 0.29) is 30.6 Å². The molecule has 10 rings (SSSR count). The fourth-order valence-electron chi connectivity index (χ4n) is 11.1. The van der Waals surface area contributed by atoms with Gasteiger partial charge >= 0.3 is 11.9 Å². The van der Waals surface area contributed by atoms with E-state index in [1.54, 1.807) is 29.1 Å². The van der Waals surface area contributed by atoms with Crippen LogP contribution in [0.2, 0.25) is 20.1 Å². The average molecular weight is 1070 g/mol. The molecule has 0 radical (unpaired) electrons. The minimum atomic E-state index is -0.727. The fraction of sp³-hybridized carbons (Fsp3) is 0.519. The van der Waals surface area contributed by atoms with Crippen molar-refractivity contribution in [2.75, 3.05) is 75.2 Å². The second-order valence-electron chi connectivity index (χ2n) is 20.2. The molecule has 4 aliphatic heterocycles. The van der Waals surface area contributed by atoms with Gasteiger partial charge in [-0.05, 0) is 145 Å². The number of fused-ring (bicyclic) bond motifs is 2. The molecule has 4 saturated heterocycles. The summed E-state index contributed by atoms with van der Waals surface area (Å²) < 4.78 is 3.64. The number of aliphatic carboxylic acids is 2. The number of rotatable bonds is 16. The van der Waals surface area contributed by atoms with E-state index >= 15 is 0 Å². The molecule has 4 aromatic heterocycles. The Morgan fingerprint density at radius 3 is 1.75 bits per heavy atom. The number of aryl methyl sites for hydroxylation is 1. The number of nitrogens with zero attached hydrogens (tertiary/aromatic N) is 13. The minimum absolute atomic E-state index is 0.104. The lowest BCUT2D eigenvalue weighted by molar-refractivity contribution is -0.138. The van der Waals surface area contributed by atoms with Crippen LogP contribution in [-0.2, 0) is 9.59 Å². The molecule has 386 valence electrons. The van der Waals surface area contributed by atoms with Crippen molar-refractivity contribution in [1.82, 2.24) is 49.3 Å². The topological polar surface area (TPSA) is 199 Å². The number of aromatic nitrogens is 8. The zero-order valence-electron chi connectivity index (χ0n) is 41.3. The number of carboxylic acids is 2. The molecule has 4 aliphatic rings. The van der Waals surface area contributed by atoms with Crippen molar-refractivity contribution in [1.29, 1.82) is 5.26 Å². The van der Waals surface area contributed by atoms with Crippen molar-refractivity contribution in [2.24, 2.45) is 23.7 Å². The number of likely N-dealkylation sites (tertiary alicyclic amines) is 2. The molecule has 0 aliphatic carbocycles. The molecule has 2 aromatic carbocycles. The van der Waals surface area contributed by atoms with E-state index < -0.39 is 11.9 Å². The van der Waals surface area contributed by atoms with E-state index in [4.69, 9.17) is 71.7 Å². The molecule has 21 heteroatoms. The summed E-state index contributed by atoms with van der Waals surface area (Å²) in [6.45, 7) is 15.7. The third kappa shape index (κ3) is 12.0. The smallest absolute Gasteiger partial charge is 0.303 e. The van der Waals surface area contributed by atoms with Gasteiger partial charge in [0.15, 0.2) is 17.0 Å². The third-order valence-electron chi connectivity index (χ3n) is 15.2. The summed E-state index contributed by atoms with van der Waals surface area (Å²) in [6.07, 6.45) is 10.3. The van der Waals surface area contributed by atoms with Gasteiger partial charge in [0.1, 0.15) is 17.4 Å². The molecule has 0 spiro atoms. The van der Waals surface area contributed by atoms with E-state index in [9.17, 15) is 14.9 Å². The lowest BCUT2D eigenvalue weighted by atomic mass is 9.80. The van der Waals surface area contributed by atoms with Crippen LogP contribution in [-0.4, -0.2) is 137 Å². The summed E-state index contributed by atoms with van der Waals surface area (Å²) in [6, 6.07) is 12.6. The van der Waals surface area contributed by atoms with Gasteiger partial charge in [0.2, 0.25) is 5.95 Å². The minimum Gasteiger partial charge on any atom is -0.481 e. The standard InChI is InChI=1S/C26H29Cl2N7O2.C26H32Cl2N6O2/c1-16(20-7-6-19(27)10-21(20)28)35-26-25(22(11-29)32-35)30-12-23(31-26)34-14-18(15-34)17-4-2-8-33(13-17)9-3-5-24(36)37;1-16-22-12-29-26(30-25(22)34(31-16)17(2)21-8-7-20(27)11-23(21)28)33-14-19(15-33)18-5-3-9-32(13-18)10-4-6-24(35)36/h6-7,10,12,16-18H,2-5,8-9,13-15H2,1H3,(H,36,37);7-8,11-12,17-19H,3-6,9-10,13-15H2,1-2H3,(H,35,36). The third-order valence-corrected chi connectivity index (χ3v) is 16.4. The summed E-state index contributed by atoms with van der Waals surface area (Å²) >= 11 is 25.1. The van der Waals surface area contributed by atoms with E-state index in [1.807, 2.05) is 42.9 Å². The molecule has 17 nitrogen and oxygen atoms in total. The number of anilines is 2. The second-order valence-corrected chi connectivity index (χ2v) is 21.8. The Kier molecular flexibility index (Phi) is 16.6. The number of nitriles is 1. The van der Waals surface area contributed by atoms with Crippen molar-refractivity contribution in [3.8, 4) is 6.07 Å². The first-order valence-electron chi connectivity index (χ1n) is 25.3. The number of halogens is 4. The van der Waals surface area contributed by atoms with Crippen LogP contribution in [0.4, 0.5) is 11.8 Å². The lowest BCUT2D eigenvalue weighted by Gasteiger charge is -2.47. The molecule has 4 atom stereocenters. The molecule has 8 heterocycles. The average Bonchev–Trinajstić information content (AvgIpc) is 3.87. The SMILES string of the molecule is CC(c1ccc(Cl)cc1Cl)n1nc(C#N)c2ncc(N3CC(C4CCCN(CCCC(=O)O)C4)C3)nc21.Cc1nn(C(C)c2ccc(Cl)cc2Cl)c2nc(N3CC(C4CCCN(CCCC(=O)O)C4)C3)ncc12. The molecule has 6 aromatic rings. The summed E-state index contributed by atoms with van der Waals surface area (Å²) in [5.41, 5.74) is 4.74. The summed E-state index contributed by atoms with van der Waals surface area (Å²) in [5.74, 6) is 2.52. The van der Waals surface area contributed by atoms with Crippen molar-refractivity contribution in [3.63, 3.8) is 0 Å². The summed E-state index contributed by atoms with van der Waals surface area (Å²) in [7, 11) is 0. The van der Waals surface area contributed by atoms with Crippen molar-refractivity contribution < 1.29 is 19.8 Å². The zero-order valence-corrected chi connectivity index (χ0v) is 44.4. The molecule has 73 heavy (non-hydrogen) atoms. The maximum atomic E-state index is 10.8. The predicted molar refractivity (Wildman–Crippen MR) is 284 cm³/mol. The van der Waals surface area contributed by atoms with E-state index in [2.05, 4.69) is 47.7 Å². The Morgan fingerprint density at radius 2 is 1.23 bits per heavy atom. The van der Waals surface area contributed by atoms with E-state index in [1.165, 1.54) is 19.3 Å². The molecule has 4 unspecified atom stereocenters. The van der Waals surface area contributed by atoms with Crippen LogP contribution in [0.5, 0.6) is 0 Å². The van der Waals surface area contributed by atoms with Crippen LogP contribution in [0.3, 0.4) is 0 Å². The number of hydrogen-bond acceptors (Lipinski definition) is 13. The normalized spacial score (nSPS) is 19.8. The first-order chi connectivity index (χ1) is 35.1. The van der Waals surface area contributed by atoms with Gasteiger partial charge in [0, 0.05) is 78.4 Å². The molecular formula is C52H61Cl4N13O4. The highest BCUT2D eigenvalue weighted by molar-refractivity contribution is 6.35. The highest BCUT2D eigenvalue weighted by Crippen LogP contribution is 2.37. The Labute approximate surface area is 445 Å². The fourth-order valence-corrected chi connectivity index (χ4v) is 12.2. The highest BCUT2D eigenvalue weighted by atomic mass is 35.5. The Balaban J connectivity index is 0.000000180. The maximum Gasteiger partial charge on any atom is 0.303 e. The van der Waals surface area contributed by atoms with Crippen molar-refractivity contribution in [3.05, 3.63) is 91.4 Å². The van der Waals surface area contributed by atoms with Crippen LogP contribution in [0.15, 0.2) is 48.8 Å². The largest absolute Gasteiger partial charge is 0.481 e. The molecule has 4 fully saturated rings. The maximum absolute atomic E-state index is 10.8. The first kappa shape index (κ1) is 52.5. The Bertz CT molecular complexity index is 3010. The van der Waals surface area contributed by atoms with Gasteiger partial charge in [-0.15, -0.1) is 0 Å². The zero-order chi connectivity index (χ0) is 51.5. The van der Waals surface area contributed by atoms with Gasteiger partial charge < -0.3 is 29.8 Å². The number of hydrogen-bond donors (Lipinski definition) is 2. The van der Waals surface area contributed by atoms with Gasteiger partial charge in [-0.3, -0.25) is 9.59 Å². The van der Waals surface area contributed by atoms with Crippen molar-refractivity contribution >= 4 is 92.3 Å². The first-order valence-corrected chi connectivity index (χ1v) is 26.8. The van der Waals surface area contributed by atoms with Crippen LogP contribution in [0.25, 0.3) is 22.2 Å². The number of benzene rings is 2. The predicted octanol–water partition coefficient (Wildman–Crippen LogP) is 9.69. The summed E-state index contributed by atoms with van der Waals surface area (Å²) in [4.78, 5) is 50.1. The number of carboxylic acid groups (broad SMARTS) is 2. The van der Waals surface area contributed by atoms with Gasteiger partial charge in [-0.1, -0.05) is 58.5 Å². The van der Waals surface area contributed by atoms with Crippen LogP contribution in [0, 0.1) is 41.9 Å². The van der Waals surface area contributed by atoms with Crippen LogP contribution in [0.1, 0.15) is 99.8 Å². The lowest BCUT2D eigenvalue weighted by Crippen LogP contribution is -2.54. The van der Waals surface area contributed by atoms with Gasteiger partial charge in [-0.25, -0.2) is 24.3 Å². The van der Waals surface area contributed by atoms with Crippen LogP contribution >= 0.6 is 46.4 Å². The van der Waals surface area contributed by atoms with Crippen molar-refractivity contribution in [2.45, 2.75) is 84.2 Å². The Morgan fingerprint density at radius 1 is 0.699 bits per heavy atom. The van der Waals surface area contributed by atoms with Gasteiger partial charge in [0.25, 0.3) is 0 Å². The number of carbonyl (C=O) groups is 2. The number of piperidine rings is 2.